The van der Waals surface area contributed by atoms with E-state index >= 15 is 0 Å². The summed E-state index contributed by atoms with van der Waals surface area (Å²) in [5, 5.41) is 5.61. The maximum Gasteiger partial charge on any atom is 0.272 e. The van der Waals surface area contributed by atoms with Gasteiger partial charge in [-0.1, -0.05) is 66.2 Å². The van der Waals surface area contributed by atoms with Gasteiger partial charge in [0.1, 0.15) is 17.2 Å². The first-order valence-electron chi connectivity index (χ1n) is 15.0. The van der Waals surface area contributed by atoms with Crippen molar-refractivity contribution >= 4 is 46.9 Å². The van der Waals surface area contributed by atoms with Crippen LogP contribution >= 0.6 is 11.8 Å². The molecule has 2 heterocycles. The van der Waals surface area contributed by atoms with Gasteiger partial charge in [0, 0.05) is 39.5 Å². The van der Waals surface area contributed by atoms with Gasteiger partial charge < -0.3 is 20.0 Å². The number of amides is 3. The average Bonchev–Trinajstić information content (AvgIpc) is 3.68. The Kier molecular flexibility index (Phi) is 9.17. The van der Waals surface area contributed by atoms with E-state index in [9.17, 15) is 14.4 Å². The Balaban J connectivity index is 1.14. The molecule has 1 atom stereocenters. The molecule has 46 heavy (non-hydrogen) atoms. The van der Waals surface area contributed by atoms with Crippen molar-refractivity contribution in [3.63, 3.8) is 0 Å². The maximum atomic E-state index is 13.5. The lowest BCUT2D eigenvalue weighted by Gasteiger charge is -2.22. The fraction of sp³-hybridized carbons (Fsp3) is 0.132. The molecule has 1 aliphatic rings. The molecular formula is C38H33N3O4S. The Hall–Kier alpha value is -5.34. The largest absolute Gasteiger partial charge is 0.457 e. The highest BCUT2D eigenvalue weighted by Gasteiger charge is 2.30. The lowest BCUT2D eigenvalue weighted by atomic mass is 10.1. The van der Waals surface area contributed by atoms with Crippen molar-refractivity contribution in [2.45, 2.75) is 31.2 Å². The van der Waals surface area contributed by atoms with E-state index in [1.807, 2.05) is 78.6 Å². The molecule has 0 fully saturated rings. The van der Waals surface area contributed by atoms with Crippen molar-refractivity contribution in [2.75, 3.05) is 16.0 Å². The summed E-state index contributed by atoms with van der Waals surface area (Å²) in [6, 6.07) is 35.7. The summed E-state index contributed by atoms with van der Waals surface area (Å²) in [6.45, 7) is 4.09. The quantitative estimate of drug-likeness (QED) is 0.129. The molecule has 0 spiro atoms. The normalized spacial score (nSPS) is 14.1. The smallest absolute Gasteiger partial charge is 0.272 e. The number of furan rings is 1. The van der Waals surface area contributed by atoms with Gasteiger partial charge >= 0.3 is 0 Å². The molecule has 6 rings (SSSR count). The van der Waals surface area contributed by atoms with Crippen LogP contribution in [0.4, 0.5) is 11.4 Å². The summed E-state index contributed by atoms with van der Waals surface area (Å²) in [5.41, 5.74) is 5.22. The molecule has 1 aromatic heterocycles. The van der Waals surface area contributed by atoms with E-state index in [0.717, 1.165) is 28.1 Å². The van der Waals surface area contributed by atoms with Crippen molar-refractivity contribution in [2.24, 2.45) is 0 Å². The Bertz CT molecular complexity index is 1900. The topological polar surface area (TPSA) is 91.7 Å². The summed E-state index contributed by atoms with van der Waals surface area (Å²) in [4.78, 5) is 42.4. The molecule has 0 unspecified atom stereocenters. The molecule has 1 aliphatic heterocycles. The maximum absolute atomic E-state index is 13.5. The molecule has 0 aliphatic carbocycles. The Morgan fingerprint density at radius 2 is 1.59 bits per heavy atom. The highest BCUT2D eigenvalue weighted by molar-refractivity contribution is 8.00. The Morgan fingerprint density at radius 1 is 0.870 bits per heavy atom. The zero-order chi connectivity index (χ0) is 32.0. The summed E-state index contributed by atoms with van der Waals surface area (Å²) in [5.74, 6) is 0.507. The van der Waals surface area contributed by atoms with Crippen molar-refractivity contribution in [3.05, 3.63) is 143 Å². The number of carbonyl (C=O) groups excluding carboxylic acids is 3. The van der Waals surface area contributed by atoms with Gasteiger partial charge in [0.25, 0.3) is 11.8 Å². The van der Waals surface area contributed by atoms with Crippen LogP contribution in [0.2, 0.25) is 0 Å². The van der Waals surface area contributed by atoms with Crippen LogP contribution in [0.3, 0.4) is 0 Å². The number of thioether (sulfide) groups is 1. The number of nitrogens with zero attached hydrogens (tertiary/aromatic N) is 1. The number of rotatable bonds is 9. The van der Waals surface area contributed by atoms with E-state index in [1.165, 1.54) is 23.4 Å². The molecule has 230 valence electrons. The molecule has 0 saturated carbocycles. The number of benzene rings is 4. The third-order valence-corrected chi connectivity index (χ3v) is 8.73. The number of para-hydroxylation sites is 1. The molecule has 4 aromatic carbocycles. The summed E-state index contributed by atoms with van der Waals surface area (Å²) >= 11 is 1.45. The van der Waals surface area contributed by atoms with Crippen LogP contribution in [0.5, 0.6) is 0 Å². The molecule has 2 N–H and O–H groups in total. The molecule has 7 nitrogen and oxygen atoms in total. The van der Waals surface area contributed by atoms with Gasteiger partial charge in [-0.3, -0.25) is 14.4 Å². The van der Waals surface area contributed by atoms with Crippen LogP contribution in [-0.2, 0) is 16.0 Å². The van der Waals surface area contributed by atoms with Gasteiger partial charge in [-0.15, -0.1) is 11.8 Å². The minimum atomic E-state index is -0.505. The first-order valence-corrected chi connectivity index (χ1v) is 16.0. The van der Waals surface area contributed by atoms with Crippen molar-refractivity contribution < 1.29 is 18.8 Å². The van der Waals surface area contributed by atoms with Crippen LogP contribution in [0.15, 0.2) is 130 Å². The number of fused-ring (bicyclic) bond motifs is 1. The number of carbonyl (C=O) groups is 3. The van der Waals surface area contributed by atoms with Gasteiger partial charge in [0.2, 0.25) is 5.91 Å². The standard InChI is InChI=1S/C38H33N3O4S/c1-25-12-14-27(15-13-25)35-21-18-31(45-35)23-33(40-37(43)28-8-4-3-5-9-28)38(44)39-30-16-19-32(20-17-30)46-24-36(42)41-26(2)22-29-10-6-7-11-34(29)41/h3-21,23,26H,22,24H2,1-2H3,(H,39,44)(H,40,43)/b33-23-/t26-/m1/s1. The SMILES string of the molecule is Cc1ccc(-c2ccc(/C=C(\NC(=O)c3ccccc3)C(=O)Nc3ccc(SCC(=O)N4c5ccccc5C[C@H]4C)cc3)o2)cc1. The predicted molar refractivity (Wildman–Crippen MR) is 184 cm³/mol. The monoisotopic (exact) mass is 627 g/mol. The molecular weight excluding hydrogens is 595 g/mol. The van der Waals surface area contributed by atoms with Crippen LogP contribution in [0, 0.1) is 6.92 Å². The highest BCUT2D eigenvalue weighted by Crippen LogP contribution is 2.33. The van der Waals surface area contributed by atoms with Gasteiger partial charge in [0.05, 0.1) is 5.75 Å². The number of nitrogens with one attached hydrogen (secondary N) is 2. The van der Waals surface area contributed by atoms with Gasteiger partial charge in [-0.2, -0.15) is 0 Å². The van der Waals surface area contributed by atoms with E-state index in [1.54, 1.807) is 42.5 Å². The predicted octanol–water partition coefficient (Wildman–Crippen LogP) is 7.73. The zero-order valence-electron chi connectivity index (χ0n) is 25.5. The van der Waals surface area contributed by atoms with Gasteiger partial charge in [-0.25, -0.2) is 0 Å². The highest BCUT2D eigenvalue weighted by atomic mass is 32.2. The second-order valence-corrected chi connectivity index (χ2v) is 12.2. The van der Waals surface area contributed by atoms with Crippen LogP contribution < -0.4 is 15.5 Å². The fourth-order valence-electron chi connectivity index (χ4n) is 5.38. The van der Waals surface area contributed by atoms with E-state index in [0.29, 0.717) is 28.5 Å². The zero-order valence-corrected chi connectivity index (χ0v) is 26.3. The number of hydrogen-bond donors (Lipinski definition) is 2. The van der Waals surface area contributed by atoms with E-state index < -0.39 is 11.8 Å². The second kappa shape index (κ2) is 13.7. The van der Waals surface area contributed by atoms with E-state index in [4.69, 9.17) is 4.42 Å². The number of hydrogen-bond acceptors (Lipinski definition) is 5. The van der Waals surface area contributed by atoms with Crippen molar-refractivity contribution in [1.82, 2.24) is 5.32 Å². The van der Waals surface area contributed by atoms with Gasteiger partial charge in [0.15, 0.2) is 0 Å². The van der Waals surface area contributed by atoms with Crippen LogP contribution in [-0.4, -0.2) is 29.5 Å². The van der Waals surface area contributed by atoms with Gasteiger partial charge in [-0.05, 0) is 80.4 Å². The Morgan fingerprint density at radius 3 is 2.35 bits per heavy atom. The average molecular weight is 628 g/mol. The first-order chi connectivity index (χ1) is 22.3. The third-order valence-electron chi connectivity index (χ3n) is 7.73. The lowest BCUT2D eigenvalue weighted by Crippen LogP contribution is -2.36. The Labute approximate surface area is 272 Å². The summed E-state index contributed by atoms with van der Waals surface area (Å²) < 4.78 is 6.01. The summed E-state index contributed by atoms with van der Waals surface area (Å²) in [6.07, 6.45) is 2.37. The number of anilines is 2. The third kappa shape index (κ3) is 7.14. The first kappa shape index (κ1) is 30.7. The van der Waals surface area contributed by atoms with E-state index in [-0.39, 0.29) is 17.6 Å². The molecule has 3 amide bonds. The molecule has 0 bridgehead atoms. The molecule has 5 aromatic rings. The second-order valence-electron chi connectivity index (χ2n) is 11.2. The minimum absolute atomic E-state index is 0.0303. The molecule has 0 radical (unpaired) electrons. The van der Waals surface area contributed by atoms with Crippen molar-refractivity contribution in [1.29, 1.82) is 0 Å². The van der Waals surface area contributed by atoms with E-state index in [2.05, 4.69) is 23.6 Å². The van der Waals surface area contributed by atoms with Crippen molar-refractivity contribution in [3.8, 4) is 11.3 Å². The minimum Gasteiger partial charge on any atom is -0.457 e. The lowest BCUT2D eigenvalue weighted by molar-refractivity contribution is -0.116. The molecule has 0 saturated heterocycles. The number of aryl methyl sites for hydroxylation is 1. The molecule has 8 heteroatoms. The van der Waals surface area contributed by atoms with Crippen LogP contribution in [0.1, 0.15) is 34.2 Å². The summed E-state index contributed by atoms with van der Waals surface area (Å²) in [7, 11) is 0. The fourth-order valence-corrected chi connectivity index (χ4v) is 6.14. The van der Waals surface area contributed by atoms with Crippen LogP contribution in [0.25, 0.3) is 17.4 Å².